The molecule has 16 heavy (non-hydrogen) atoms. The molecule has 0 bridgehead atoms. The van der Waals surface area contributed by atoms with E-state index in [2.05, 4.69) is 35.1 Å². The quantitative estimate of drug-likeness (QED) is 0.704. The van der Waals surface area contributed by atoms with Gasteiger partial charge in [0.25, 0.3) is 0 Å². The van der Waals surface area contributed by atoms with Crippen LogP contribution in [-0.4, -0.2) is 19.7 Å². The molecule has 2 heterocycles. The van der Waals surface area contributed by atoms with E-state index < -0.39 is 0 Å². The van der Waals surface area contributed by atoms with Crippen molar-refractivity contribution in [1.82, 2.24) is 5.48 Å². The highest BCUT2D eigenvalue weighted by atomic mass is 16.7. The van der Waals surface area contributed by atoms with Gasteiger partial charge >= 0.3 is 0 Å². The maximum atomic E-state index is 5.32. The second-order valence-corrected chi connectivity index (χ2v) is 4.11. The van der Waals surface area contributed by atoms with Gasteiger partial charge in [-0.1, -0.05) is 32.0 Å². The molecule has 1 aromatic rings. The SMILES string of the molecule is CC.c1ccc2c(c1)NCCC21CNOC1. The van der Waals surface area contributed by atoms with Crippen LogP contribution in [0.25, 0.3) is 0 Å². The normalized spacial score (nSPS) is 26.6. The van der Waals surface area contributed by atoms with E-state index in [9.17, 15) is 0 Å². The van der Waals surface area contributed by atoms with E-state index in [-0.39, 0.29) is 5.41 Å². The third-order valence-corrected chi connectivity index (χ3v) is 3.28. The average Bonchev–Trinajstić information content (AvgIpc) is 2.82. The third-order valence-electron chi connectivity index (χ3n) is 3.28. The van der Waals surface area contributed by atoms with Crippen molar-refractivity contribution >= 4 is 5.69 Å². The van der Waals surface area contributed by atoms with Crippen LogP contribution in [-0.2, 0) is 10.3 Å². The number of fused-ring (bicyclic) bond motifs is 2. The lowest BCUT2D eigenvalue weighted by Gasteiger charge is -2.34. The molecule has 1 spiro atoms. The number of hydrogen-bond acceptors (Lipinski definition) is 3. The highest BCUT2D eigenvalue weighted by molar-refractivity contribution is 5.57. The van der Waals surface area contributed by atoms with Crippen molar-refractivity contribution < 1.29 is 4.84 Å². The number of hydroxylamine groups is 1. The summed E-state index contributed by atoms with van der Waals surface area (Å²) in [6, 6.07) is 8.53. The lowest BCUT2D eigenvalue weighted by molar-refractivity contribution is 0.0928. The van der Waals surface area contributed by atoms with Crippen molar-refractivity contribution in [3.05, 3.63) is 29.8 Å². The molecule has 3 heteroatoms. The number of benzene rings is 1. The Kier molecular flexibility index (Phi) is 3.46. The summed E-state index contributed by atoms with van der Waals surface area (Å²) in [5.74, 6) is 0. The molecule has 1 atom stereocenters. The first-order valence-electron chi connectivity index (χ1n) is 6.09. The molecule has 2 N–H and O–H groups in total. The summed E-state index contributed by atoms with van der Waals surface area (Å²) in [6.07, 6.45) is 1.15. The predicted molar refractivity (Wildman–Crippen MR) is 66.5 cm³/mol. The van der Waals surface area contributed by atoms with Crippen molar-refractivity contribution in [2.75, 3.05) is 25.0 Å². The monoisotopic (exact) mass is 220 g/mol. The van der Waals surface area contributed by atoms with Gasteiger partial charge < -0.3 is 10.2 Å². The van der Waals surface area contributed by atoms with Gasteiger partial charge in [-0.25, -0.2) is 5.48 Å². The minimum Gasteiger partial charge on any atom is -0.385 e. The van der Waals surface area contributed by atoms with Crippen LogP contribution in [0.15, 0.2) is 24.3 Å². The lowest BCUT2D eigenvalue weighted by atomic mass is 9.76. The molecule has 1 saturated heterocycles. The Labute approximate surface area is 97.1 Å². The van der Waals surface area contributed by atoms with E-state index in [1.807, 2.05) is 13.8 Å². The van der Waals surface area contributed by atoms with Crippen LogP contribution >= 0.6 is 0 Å². The van der Waals surface area contributed by atoms with Crippen molar-refractivity contribution in [1.29, 1.82) is 0 Å². The maximum Gasteiger partial charge on any atom is 0.0793 e. The fourth-order valence-corrected chi connectivity index (χ4v) is 2.43. The maximum absolute atomic E-state index is 5.32. The molecule has 1 aromatic carbocycles. The van der Waals surface area contributed by atoms with Crippen LogP contribution in [0, 0.1) is 0 Å². The van der Waals surface area contributed by atoms with Crippen molar-refractivity contribution in [3.63, 3.8) is 0 Å². The van der Waals surface area contributed by atoms with E-state index in [0.29, 0.717) is 0 Å². The first-order chi connectivity index (χ1) is 7.91. The summed E-state index contributed by atoms with van der Waals surface area (Å²) in [5.41, 5.74) is 5.87. The second-order valence-electron chi connectivity index (χ2n) is 4.11. The van der Waals surface area contributed by atoms with Gasteiger partial charge in [-0.3, -0.25) is 0 Å². The molecule has 3 rings (SSSR count). The zero-order chi connectivity index (χ0) is 11.4. The Morgan fingerprint density at radius 1 is 1.25 bits per heavy atom. The van der Waals surface area contributed by atoms with Gasteiger partial charge in [0.2, 0.25) is 0 Å². The minimum atomic E-state index is 0.210. The highest BCUT2D eigenvalue weighted by Crippen LogP contribution is 2.38. The molecule has 0 radical (unpaired) electrons. The Bertz CT molecular complexity index is 346. The minimum absolute atomic E-state index is 0.210. The first kappa shape index (κ1) is 11.4. The fourth-order valence-electron chi connectivity index (χ4n) is 2.43. The number of para-hydroxylation sites is 1. The van der Waals surface area contributed by atoms with Gasteiger partial charge in [0, 0.05) is 24.2 Å². The molecule has 0 aliphatic carbocycles. The molecule has 3 nitrogen and oxygen atoms in total. The summed E-state index contributed by atoms with van der Waals surface area (Å²) in [7, 11) is 0. The van der Waals surface area contributed by atoms with E-state index in [4.69, 9.17) is 4.84 Å². The molecule has 1 fully saturated rings. The summed E-state index contributed by atoms with van der Waals surface area (Å²) in [6.45, 7) is 6.78. The van der Waals surface area contributed by atoms with Gasteiger partial charge in [-0.2, -0.15) is 0 Å². The molecule has 0 saturated carbocycles. The van der Waals surface area contributed by atoms with Gasteiger partial charge in [0.1, 0.15) is 0 Å². The highest BCUT2D eigenvalue weighted by Gasteiger charge is 2.40. The molecule has 2 aliphatic rings. The Morgan fingerprint density at radius 3 is 2.81 bits per heavy atom. The Balaban J connectivity index is 0.000000457. The van der Waals surface area contributed by atoms with E-state index in [1.54, 1.807) is 0 Å². The number of rotatable bonds is 0. The summed E-state index contributed by atoms with van der Waals surface area (Å²) < 4.78 is 0. The number of hydrogen-bond donors (Lipinski definition) is 2. The van der Waals surface area contributed by atoms with Crippen molar-refractivity contribution in [2.24, 2.45) is 0 Å². The Morgan fingerprint density at radius 2 is 2.06 bits per heavy atom. The summed E-state index contributed by atoms with van der Waals surface area (Å²) >= 11 is 0. The summed E-state index contributed by atoms with van der Waals surface area (Å²) in [4.78, 5) is 5.32. The van der Waals surface area contributed by atoms with Crippen LogP contribution in [0.4, 0.5) is 5.69 Å². The van der Waals surface area contributed by atoms with Crippen LogP contribution < -0.4 is 10.8 Å². The average molecular weight is 220 g/mol. The first-order valence-corrected chi connectivity index (χ1v) is 6.09. The van der Waals surface area contributed by atoms with Crippen LogP contribution in [0.2, 0.25) is 0 Å². The molecular formula is C13H20N2O. The molecular weight excluding hydrogens is 200 g/mol. The van der Waals surface area contributed by atoms with E-state index >= 15 is 0 Å². The van der Waals surface area contributed by atoms with Gasteiger partial charge in [0.15, 0.2) is 0 Å². The lowest BCUT2D eigenvalue weighted by Crippen LogP contribution is -2.38. The predicted octanol–water partition coefficient (Wildman–Crippen LogP) is 2.30. The fraction of sp³-hybridized carbons (Fsp3) is 0.538. The summed E-state index contributed by atoms with van der Waals surface area (Å²) in [5, 5.41) is 3.43. The topological polar surface area (TPSA) is 33.3 Å². The van der Waals surface area contributed by atoms with E-state index in [1.165, 1.54) is 11.3 Å². The Hall–Kier alpha value is -1.06. The molecule has 2 aliphatic heterocycles. The van der Waals surface area contributed by atoms with Crippen LogP contribution in [0.3, 0.4) is 0 Å². The van der Waals surface area contributed by atoms with E-state index in [0.717, 1.165) is 26.1 Å². The second kappa shape index (κ2) is 4.85. The largest absolute Gasteiger partial charge is 0.385 e. The standard InChI is InChI=1S/C11H14N2O.C2H6/c1-2-4-10-9(3-1)11(5-6-12-10)7-13-14-8-11;1-2/h1-4,12-13H,5-8H2;1-2H3. The van der Waals surface area contributed by atoms with Crippen molar-refractivity contribution in [2.45, 2.75) is 25.7 Å². The molecule has 88 valence electrons. The third kappa shape index (κ3) is 1.81. The molecule has 0 aromatic heterocycles. The number of anilines is 1. The molecule has 1 unspecified atom stereocenters. The zero-order valence-electron chi connectivity index (χ0n) is 10.0. The zero-order valence-corrected chi connectivity index (χ0v) is 10.0. The number of nitrogens with one attached hydrogen (secondary N) is 2. The molecule has 0 amide bonds. The van der Waals surface area contributed by atoms with Gasteiger partial charge in [-0.15, -0.1) is 0 Å². The van der Waals surface area contributed by atoms with Crippen molar-refractivity contribution in [3.8, 4) is 0 Å². The van der Waals surface area contributed by atoms with Gasteiger partial charge in [-0.05, 0) is 18.1 Å². The van der Waals surface area contributed by atoms with Crippen LogP contribution in [0.5, 0.6) is 0 Å². The van der Waals surface area contributed by atoms with Gasteiger partial charge in [0.05, 0.1) is 6.61 Å². The van der Waals surface area contributed by atoms with Crippen LogP contribution in [0.1, 0.15) is 25.8 Å². The smallest absolute Gasteiger partial charge is 0.0793 e.